The van der Waals surface area contributed by atoms with Crippen LogP contribution >= 0.6 is 23.2 Å². The zero-order chi connectivity index (χ0) is 16.8. The predicted octanol–water partition coefficient (Wildman–Crippen LogP) is 6.02. The van der Waals surface area contributed by atoms with Crippen molar-refractivity contribution in [3.05, 3.63) is 75.3 Å². The summed E-state index contributed by atoms with van der Waals surface area (Å²) in [5.41, 5.74) is 4.04. The van der Waals surface area contributed by atoms with Crippen molar-refractivity contribution in [2.75, 3.05) is 5.32 Å². The minimum atomic E-state index is 0.0938. The monoisotopic (exact) mass is 357 g/mol. The van der Waals surface area contributed by atoms with E-state index in [4.69, 9.17) is 23.2 Å². The molecule has 1 N–H and O–H groups in total. The Morgan fingerprint density at radius 2 is 2.00 bits per heavy atom. The highest BCUT2D eigenvalue weighted by Crippen LogP contribution is 2.51. The molecule has 2 aromatic rings. The van der Waals surface area contributed by atoms with Crippen LogP contribution in [-0.4, -0.2) is 5.78 Å². The van der Waals surface area contributed by atoms with Gasteiger partial charge in [0.25, 0.3) is 0 Å². The van der Waals surface area contributed by atoms with E-state index in [2.05, 4.69) is 17.5 Å². The number of anilines is 1. The first-order chi connectivity index (χ1) is 11.6. The molecule has 1 aliphatic carbocycles. The lowest BCUT2D eigenvalue weighted by molar-refractivity contribution is 0.101. The molecule has 3 atom stereocenters. The van der Waals surface area contributed by atoms with Crippen LogP contribution in [0.3, 0.4) is 0 Å². The third-order valence-electron chi connectivity index (χ3n) is 5.09. The van der Waals surface area contributed by atoms with Gasteiger partial charge in [0.15, 0.2) is 5.78 Å². The summed E-state index contributed by atoms with van der Waals surface area (Å²) >= 11 is 12.7. The highest BCUT2D eigenvalue weighted by molar-refractivity contribution is 6.42. The Labute approximate surface area is 151 Å². The zero-order valence-electron chi connectivity index (χ0n) is 13.2. The molecule has 2 nitrogen and oxygen atoms in total. The summed E-state index contributed by atoms with van der Waals surface area (Å²) in [5, 5.41) is 4.82. The lowest BCUT2D eigenvalue weighted by Gasteiger charge is -2.38. The molecule has 0 bridgehead atoms. The Hall–Kier alpha value is -1.77. The normalized spacial score (nSPS) is 24.2. The maximum absolute atomic E-state index is 11.7. The Bertz CT molecular complexity index is 859. The van der Waals surface area contributed by atoms with Gasteiger partial charge in [-0.1, -0.05) is 47.5 Å². The van der Waals surface area contributed by atoms with E-state index in [0.29, 0.717) is 21.9 Å². The van der Waals surface area contributed by atoms with Crippen molar-refractivity contribution in [2.24, 2.45) is 5.92 Å². The van der Waals surface area contributed by atoms with Crippen molar-refractivity contribution in [3.8, 4) is 0 Å². The molecular formula is C20H17Cl2NO. The first kappa shape index (κ1) is 15.7. The van der Waals surface area contributed by atoms with Gasteiger partial charge in [-0.05, 0) is 54.7 Å². The van der Waals surface area contributed by atoms with Crippen molar-refractivity contribution in [1.82, 2.24) is 0 Å². The maximum Gasteiger partial charge on any atom is 0.159 e. The van der Waals surface area contributed by atoms with Crippen LogP contribution in [0.4, 0.5) is 5.69 Å². The van der Waals surface area contributed by atoms with E-state index in [1.165, 1.54) is 5.56 Å². The molecule has 0 aromatic heterocycles. The van der Waals surface area contributed by atoms with Gasteiger partial charge in [0.05, 0.1) is 16.1 Å². The number of allylic oxidation sites excluding steroid dienone is 2. The average molecular weight is 358 g/mol. The molecular weight excluding hydrogens is 341 g/mol. The van der Waals surface area contributed by atoms with E-state index in [0.717, 1.165) is 23.2 Å². The van der Waals surface area contributed by atoms with Crippen molar-refractivity contribution >= 4 is 34.7 Å². The number of halogens is 2. The van der Waals surface area contributed by atoms with Gasteiger partial charge >= 0.3 is 0 Å². The number of benzene rings is 2. The topological polar surface area (TPSA) is 29.1 Å². The lowest BCUT2D eigenvalue weighted by atomic mass is 9.76. The number of Topliss-reactive ketones (excluding diaryl/α,β-unsaturated/α-hetero) is 1. The molecule has 2 aromatic carbocycles. The molecule has 0 spiro atoms. The van der Waals surface area contributed by atoms with Gasteiger partial charge in [-0.15, -0.1) is 0 Å². The average Bonchev–Trinajstić information content (AvgIpc) is 3.06. The van der Waals surface area contributed by atoms with Crippen LogP contribution in [0, 0.1) is 5.92 Å². The number of hydrogen-bond donors (Lipinski definition) is 1. The molecule has 24 heavy (non-hydrogen) atoms. The predicted molar refractivity (Wildman–Crippen MR) is 99.3 cm³/mol. The second-order valence-electron chi connectivity index (χ2n) is 6.48. The number of carbonyl (C=O) groups is 1. The second kappa shape index (κ2) is 5.94. The lowest BCUT2D eigenvalue weighted by Crippen LogP contribution is -2.29. The van der Waals surface area contributed by atoms with Gasteiger partial charge < -0.3 is 5.32 Å². The highest BCUT2D eigenvalue weighted by Gasteiger charge is 2.38. The standard InChI is InChI=1S/C20H17Cl2NO/c1-11(24)12-8-9-18-16(10-12)13-4-2-5-14(13)20(23-18)15-6-3-7-17(21)19(15)22/h2-4,6-10,13-14,20,23H,5H2,1H3/t13-,14+,20-/m1/s1. The van der Waals surface area contributed by atoms with Crippen LogP contribution in [0.25, 0.3) is 0 Å². The van der Waals surface area contributed by atoms with Crippen molar-refractivity contribution in [1.29, 1.82) is 0 Å². The van der Waals surface area contributed by atoms with Crippen LogP contribution in [0.2, 0.25) is 10.0 Å². The molecule has 1 heterocycles. The molecule has 4 heteroatoms. The summed E-state index contributed by atoms with van der Waals surface area (Å²) in [6.45, 7) is 1.61. The fraction of sp³-hybridized carbons (Fsp3) is 0.250. The number of fused-ring (bicyclic) bond motifs is 3. The van der Waals surface area contributed by atoms with E-state index < -0.39 is 0 Å². The van der Waals surface area contributed by atoms with Crippen LogP contribution in [0.15, 0.2) is 48.6 Å². The van der Waals surface area contributed by atoms with E-state index in [-0.39, 0.29) is 11.8 Å². The first-order valence-electron chi connectivity index (χ1n) is 8.08. The molecule has 0 fully saturated rings. The van der Waals surface area contributed by atoms with Crippen molar-refractivity contribution in [3.63, 3.8) is 0 Å². The summed E-state index contributed by atoms with van der Waals surface area (Å²) in [6.07, 6.45) is 5.45. The van der Waals surface area contributed by atoms with Gasteiger partial charge in [0.1, 0.15) is 0 Å². The van der Waals surface area contributed by atoms with Crippen molar-refractivity contribution in [2.45, 2.75) is 25.3 Å². The molecule has 1 aliphatic heterocycles. The molecule has 0 unspecified atom stereocenters. The fourth-order valence-electron chi connectivity index (χ4n) is 3.88. The third-order valence-corrected chi connectivity index (χ3v) is 5.92. The molecule has 0 saturated carbocycles. The van der Waals surface area contributed by atoms with E-state index in [1.54, 1.807) is 6.92 Å². The molecule has 0 amide bonds. The summed E-state index contributed by atoms with van der Waals surface area (Å²) in [5.74, 6) is 0.757. The highest BCUT2D eigenvalue weighted by atomic mass is 35.5. The number of rotatable bonds is 2. The smallest absolute Gasteiger partial charge is 0.159 e. The molecule has 2 aliphatic rings. The van der Waals surface area contributed by atoms with Gasteiger partial charge in [0.2, 0.25) is 0 Å². The first-order valence-corrected chi connectivity index (χ1v) is 8.84. The van der Waals surface area contributed by atoms with Crippen LogP contribution in [0.1, 0.15) is 46.8 Å². The summed E-state index contributed by atoms with van der Waals surface area (Å²) in [6, 6.07) is 11.8. The summed E-state index contributed by atoms with van der Waals surface area (Å²) < 4.78 is 0. The summed E-state index contributed by atoms with van der Waals surface area (Å²) in [4.78, 5) is 11.7. The minimum Gasteiger partial charge on any atom is -0.378 e. The number of nitrogens with one attached hydrogen (secondary N) is 1. The Kier molecular flexibility index (Phi) is 3.90. The SMILES string of the molecule is CC(=O)c1ccc2c(c1)[C@@H]1C=CC[C@@H]1[C@H](c1cccc(Cl)c1Cl)N2. The van der Waals surface area contributed by atoms with Crippen LogP contribution < -0.4 is 5.32 Å². The van der Waals surface area contributed by atoms with Gasteiger partial charge in [-0.3, -0.25) is 4.79 Å². The fourth-order valence-corrected chi connectivity index (χ4v) is 4.31. The van der Waals surface area contributed by atoms with Crippen LogP contribution in [-0.2, 0) is 0 Å². The summed E-state index contributed by atoms with van der Waals surface area (Å²) in [7, 11) is 0. The molecule has 0 radical (unpaired) electrons. The molecule has 4 rings (SSSR count). The number of ketones is 1. The molecule has 0 saturated heterocycles. The number of carbonyl (C=O) groups excluding carboxylic acids is 1. The third kappa shape index (κ3) is 2.45. The Morgan fingerprint density at radius 3 is 2.79 bits per heavy atom. The van der Waals surface area contributed by atoms with Crippen molar-refractivity contribution < 1.29 is 4.79 Å². The second-order valence-corrected chi connectivity index (χ2v) is 7.26. The van der Waals surface area contributed by atoms with Gasteiger partial charge in [-0.25, -0.2) is 0 Å². The zero-order valence-corrected chi connectivity index (χ0v) is 14.7. The quantitative estimate of drug-likeness (QED) is 0.525. The Balaban J connectivity index is 1.81. The molecule has 122 valence electrons. The Morgan fingerprint density at radius 1 is 1.17 bits per heavy atom. The minimum absolute atomic E-state index is 0.0938. The van der Waals surface area contributed by atoms with Gasteiger partial charge in [0, 0.05) is 17.2 Å². The van der Waals surface area contributed by atoms with Crippen LogP contribution in [0.5, 0.6) is 0 Å². The number of hydrogen-bond acceptors (Lipinski definition) is 2. The largest absolute Gasteiger partial charge is 0.378 e. The van der Waals surface area contributed by atoms with E-state index in [1.807, 2.05) is 36.4 Å². The van der Waals surface area contributed by atoms with E-state index >= 15 is 0 Å². The van der Waals surface area contributed by atoms with Gasteiger partial charge in [-0.2, -0.15) is 0 Å². The van der Waals surface area contributed by atoms with E-state index in [9.17, 15) is 4.79 Å². The maximum atomic E-state index is 11.7.